The number of ether oxygens (including phenoxy) is 1. The molecule has 0 aliphatic carbocycles. The Labute approximate surface area is 193 Å². The molecule has 1 aliphatic heterocycles. The normalized spacial score (nSPS) is 15.6. The number of fused-ring (bicyclic) bond motifs is 1. The summed E-state index contributed by atoms with van der Waals surface area (Å²) in [6.45, 7) is 6.08. The molecule has 0 amide bonds. The van der Waals surface area contributed by atoms with Crippen LogP contribution in [0.25, 0.3) is 10.9 Å². The molecule has 1 fully saturated rings. The van der Waals surface area contributed by atoms with Crippen molar-refractivity contribution in [3.63, 3.8) is 0 Å². The van der Waals surface area contributed by atoms with E-state index in [2.05, 4.69) is 4.98 Å². The van der Waals surface area contributed by atoms with Crippen LogP contribution in [0, 0.1) is 32.5 Å². The number of rotatable bonds is 5. The number of carbonyl (C=O) groups excluding carboxylic acids is 1. The zero-order valence-electron chi connectivity index (χ0n) is 19.0. The van der Waals surface area contributed by atoms with E-state index in [9.17, 15) is 17.6 Å². The Balaban J connectivity index is 1.40. The molecule has 6 nitrogen and oxygen atoms in total. The topological polar surface area (TPSA) is 76.6 Å². The van der Waals surface area contributed by atoms with Crippen molar-refractivity contribution < 1.29 is 22.3 Å². The highest BCUT2D eigenvalue weighted by molar-refractivity contribution is 7.89. The summed E-state index contributed by atoms with van der Waals surface area (Å²) < 4.78 is 47.4. The van der Waals surface area contributed by atoms with E-state index >= 15 is 0 Å². The highest BCUT2D eigenvalue weighted by Crippen LogP contribution is 2.29. The SMILES string of the molecule is Cc1cc(C)c(S(=O)(=O)N2CCC(C(=O)OCc3ccc(F)c4cccnc34)CC2)c(C)c1. The van der Waals surface area contributed by atoms with Crippen LogP contribution in [0.2, 0.25) is 0 Å². The Bertz CT molecular complexity index is 1290. The zero-order valence-corrected chi connectivity index (χ0v) is 19.8. The molecular formula is C25H27FN2O4S. The molecule has 33 heavy (non-hydrogen) atoms. The number of sulfonamides is 1. The number of halogens is 1. The number of carbonyl (C=O) groups is 1. The summed E-state index contributed by atoms with van der Waals surface area (Å²) >= 11 is 0. The van der Waals surface area contributed by atoms with E-state index in [1.807, 2.05) is 32.9 Å². The number of nitrogens with zero attached hydrogens (tertiary/aromatic N) is 2. The van der Waals surface area contributed by atoms with Gasteiger partial charge in [-0.15, -0.1) is 0 Å². The molecule has 0 unspecified atom stereocenters. The second-order valence-electron chi connectivity index (χ2n) is 8.62. The summed E-state index contributed by atoms with van der Waals surface area (Å²) in [6, 6.07) is 9.94. The van der Waals surface area contributed by atoms with E-state index in [0.29, 0.717) is 34.2 Å². The van der Waals surface area contributed by atoms with Crippen molar-refractivity contribution in [3.8, 4) is 0 Å². The van der Waals surface area contributed by atoms with Crippen molar-refractivity contribution in [3.05, 3.63) is 70.7 Å². The molecule has 0 N–H and O–H groups in total. The fourth-order valence-electron chi connectivity index (χ4n) is 4.61. The Morgan fingerprint density at radius 2 is 1.79 bits per heavy atom. The van der Waals surface area contributed by atoms with Gasteiger partial charge in [0.2, 0.25) is 10.0 Å². The smallest absolute Gasteiger partial charge is 0.309 e. The van der Waals surface area contributed by atoms with Gasteiger partial charge in [-0.3, -0.25) is 9.78 Å². The van der Waals surface area contributed by atoms with Gasteiger partial charge in [-0.1, -0.05) is 23.8 Å². The summed E-state index contributed by atoms with van der Waals surface area (Å²) in [5.74, 6) is -1.12. The van der Waals surface area contributed by atoms with E-state index in [-0.39, 0.29) is 37.4 Å². The summed E-state index contributed by atoms with van der Waals surface area (Å²) in [6.07, 6.45) is 2.36. The fourth-order valence-corrected chi connectivity index (χ4v) is 6.50. The van der Waals surface area contributed by atoms with Crippen LogP contribution in [0.15, 0.2) is 47.5 Å². The van der Waals surface area contributed by atoms with Gasteiger partial charge in [-0.2, -0.15) is 4.31 Å². The molecule has 2 heterocycles. The number of piperidine rings is 1. The van der Waals surface area contributed by atoms with Gasteiger partial charge in [0.15, 0.2) is 0 Å². The predicted octanol–water partition coefficient (Wildman–Crippen LogP) is 4.44. The third-order valence-electron chi connectivity index (χ3n) is 6.16. The maximum atomic E-state index is 14.0. The van der Waals surface area contributed by atoms with Gasteiger partial charge >= 0.3 is 5.97 Å². The van der Waals surface area contributed by atoms with Crippen molar-refractivity contribution in [1.29, 1.82) is 0 Å². The number of hydrogen-bond acceptors (Lipinski definition) is 5. The van der Waals surface area contributed by atoms with Gasteiger partial charge in [0.25, 0.3) is 0 Å². The molecule has 0 spiro atoms. The molecule has 1 saturated heterocycles. The molecule has 0 saturated carbocycles. The lowest BCUT2D eigenvalue weighted by Crippen LogP contribution is -2.41. The number of esters is 1. The maximum absolute atomic E-state index is 14.0. The third-order valence-corrected chi connectivity index (χ3v) is 8.36. The number of hydrogen-bond donors (Lipinski definition) is 0. The van der Waals surface area contributed by atoms with Crippen LogP contribution in [0.1, 0.15) is 35.1 Å². The van der Waals surface area contributed by atoms with Crippen LogP contribution in [0.4, 0.5) is 4.39 Å². The predicted molar refractivity (Wildman–Crippen MR) is 124 cm³/mol. The summed E-state index contributed by atoms with van der Waals surface area (Å²) in [5, 5.41) is 0.381. The van der Waals surface area contributed by atoms with Crippen molar-refractivity contribution in [2.75, 3.05) is 13.1 Å². The molecule has 174 valence electrons. The molecule has 2 aromatic carbocycles. The lowest BCUT2D eigenvalue weighted by molar-refractivity contribution is -0.151. The summed E-state index contributed by atoms with van der Waals surface area (Å²) in [5.41, 5.74) is 3.58. The van der Waals surface area contributed by atoms with Crippen LogP contribution in [-0.4, -0.2) is 36.8 Å². The van der Waals surface area contributed by atoms with E-state index in [1.165, 1.54) is 10.4 Å². The van der Waals surface area contributed by atoms with Crippen LogP contribution in [-0.2, 0) is 26.2 Å². The van der Waals surface area contributed by atoms with E-state index < -0.39 is 10.0 Å². The average molecular weight is 471 g/mol. The highest BCUT2D eigenvalue weighted by Gasteiger charge is 2.34. The van der Waals surface area contributed by atoms with Crippen LogP contribution in [0.3, 0.4) is 0 Å². The van der Waals surface area contributed by atoms with Crippen molar-refractivity contribution >= 4 is 26.9 Å². The van der Waals surface area contributed by atoms with Crippen LogP contribution in [0.5, 0.6) is 0 Å². The fraction of sp³-hybridized carbons (Fsp3) is 0.360. The van der Waals surface area contributed by atoms with E-state index in [0.717, 1.165) is 16.7 Å². The summed E-state index contributed by atoms with van der Waals surface area (Å²) in [7, 11) is -3.64. The number of aryl methyl sites for hydroxylation is 3. The second-order valence-corrected chi connectivity index (χ2v) is 10.5. The molecule has 1 aliphatic rings. The highest BCUT2D eigenvalue weighted by atomic mass is 32.2. The molecule has 4 rings (SSSR count). The minimum atomic E-state index is -3.64. The Morgan fingerprint density at radius 3 is 2.45 bits per heavy atom. The standard InChI is InChI=1S/C25H27FN2O4S/c1-16-13-17(2)24(18(3)14-16)33(30,31)28-11-8-19(9-12-28)25(29)32-15-20-6-7-22(26)21-5-4-10-27-23(20)21/h4-7,10,13-14,19H,8-9,11-12,15H2,1-3H3. The van der Waals surface area contributed by atoms with Crippen molar-refractivity contribution in [1.82, 2.24) is 9.29 Å². The lowest BCUT2D eigenvalue weighted by Gasteiger charge is -2.31. The second kappa shape index (κ2) is 9.19. The van der Waals surface area contributed by atoms with Crippen LogP contribution >= 0.6 is 0 Å². The molecule has 1 aromatic heterocycles. The number of pyridine rings is 1. The average Bonchev–Trinajstić information content (AvgIpc) is 2.78. The van der Waals surface area contributed by atoms with E-state index in [4.69, 9.17) is 4.74 Å². The molecule has 8 heteroatoms. The Hall–Kier alpha value is -2.84. The first-order valence-corrected chi connectivity index (χ1v) is 12.4. The minimum Gasteiger partial charge on any atom is -0.461 e. The van der Waals surface area contributed by atoms with Crippen molar-refractivity contribution in [2.45, 2.75) is 45.1 Å². The molecular weight excluding hydrogens is 443 g/mol. The van der Waals surface area contributed by atoms with Crippen LogP contribution < -0.4 is 0 Å². The zero-order chi connectivity index (χ0) is 23.8. The van der Waals surface area contributed by atoms with E-state index in [1.54, 1.807) is 24.4 Å². The third kappa shape index (κ3) is 4.63. The Kier molecular flexibility index (Phi) is 6.50. The minimum absolute atomic E-state index is 0.00705. The first kappa shape index (κ1) is 23.3. The van der Waals surface area contributed by atoms with Gasteiger partial charge in [0.1, 0.15) is 12.4 Å². The maximum Gasteiger partial charge on any atom is 0.309 e. The number of benzene rings is 2. The molecule has 0 atom stereocenters. The van der Waals surface area contributed by atoms with Gasteiger partial charge < -0.3 is 4.74 Å². The van der Waals surface area contributed by atoms with Crippen molar-refractivity contribution in [2.24, 2.45) is 5.92 Å². The lowest BCUT2D eigenvalue weighted by atomic mass is 9.98. The van der Waals surface area contributed by atoms with Gasteiger partial charge in [-0.25, -0.2) is 12.8 Å². The molecule has 0 bridgehead atoms. The molecule has 3 aromatic rings. The summed E-state index contributed by atoms with van der Waals surface area (Å²) in [4.78, 5) is 17.2. The largest absolute Gasteiger partial charge is 0.461 e. The monoisotopic (exact) mass is 470 g/mol. The van der Waals surface area contributed by atoms with Gasteiger partial charge in [0.05, 0.1) is 16.3 Å². The molecule has 0 radical (unpaired) electrons. The number of aromatic nitrogens is 1. The van der Waals surface area contributed by atoms with Gasteiger partial charge in [0, 0.05) is 30.2 Å². The van der Waals surface area contributed by atoms with Gasteiger partial charge in [-0.05, 0) is 62.9 Å². The first-order valence-electron chi connectivity index (χ1n) is 10.9. The first-order chi connectivity index (χ1) is 15.7. The Morgan fingerprint density at radius 1 is 1.12 bits per heavy atom. The quantitative estimate of drug-likeness (QED) is 0.515.